The van der Waals surface area contributed by atoms with Crippen LogP contribution in [0.4, 0.5) is 0 Å². The van der Waals surface area contributed by atoms with E-state index in [1.807, 2.05) is 12.1 Å². The third kappa shape index (κ3) is 4.69. The molecule has 1 aromatic rings. The third-order valence-electron chi connectivity index (χ3n) is 6.80. The van der Waals surface area contributed by atoms with E-state index in [4.69, 9.17) is 9.47 Å². The number of hydrogen-bond donors (Lipinski definition) is 0. The monoisotopic (exact) mass is 386 g/mol. The summed E-state index contributed by atoms with van der Waals surface area (Å²) in [7, 11) is 1.71. The molecule has 0 radical (unpaired) electrons. The molecule has 1 saturated carbocycles. The average molecular weight is 387 g/mol. The molecule has 28 heavy (non-hydrogen) atoms. The van der Waals surface area contributed by atoms with Crippen LogP contribution in [-0.2, 0) is 16.0 Å². The summed E-state index contributed by atoms with van der Waals surface area (Å²) in [5.74, 6) is 1.94. The third-order valence-corrected chi connectivity index (χ3v) is 6.80. The van der Waals surface area contributed by atoms with Crippen molar-refractivity contribution in [2.45, 2.75) is 57.1 Å². The van der Waals surface area contributed by atoms with Crippen LogP contribution in [0.2, 0.25) is 0 Å². The molecule has 0 N–H and O–H groups in total. The van der Waals surface area contributed by atoms with Crippen LogP contribution in [0.3, 0.4) is 0 Å². The maximum absolute atomic E-state index is 13.0. The van der Waals surface area contributed by atoms with Crippen LogP contribution in [0, 0.1) is 5.92 Å². The van der Waals surface area contributed by atoms with Gasteiger partial charge in [-0.3, -0.25) is 9.69 Å². The highest BCUT2D eigenvalue weighted by molar-refractivity contribution is 5.78. The smallest absolute Gasteiger partial charge is 0.237 e. The molecule has 2 unspecified atom stereocenters. The van der Waals surface area contributed by atoms with Gasteiger partial charge in [-0.15, -0.1) is 0 Å². The highest BCUT2D eigenvalue weighted by Gasteiger charge is 2.37. The first-order chi connectivity index (χ1) is 13.7. The lowest BCUT2D eigenvalue weighted by molar-refractivity contribution is -0.151. The first-order valence-corrected chi connectivity index (χ1v) is 11.0. The number of carbonyl (C=O) groups is 1. The number of piperidine rings is 1. The Morgan fingerprint density at radius 1 is 1.07 bits per heavy atom. The van der Waals surface area contributed by atoms with Gasteiger partial charge >= 0.3 is 0 Å². The van der Waals surface area contributed by atoms with Gasteiger partial charge in [0.05, 0.1) is 32.4 Å². The van der Waals surface area contributed by atoms with Gasteiger partial charge in [-0.25, -0.2) is 0 Å². The van der Waals surface area contributed by atoms with Gasteiger partial charge in [0.1, 0.15) is 5.75 Å². The Bertz CT molecular complexity index is 638. The van der Waals surface area contributed by atoms with Crippen molar-refractivity contribution < 1.29 is 14.3 Å². The normalized spacial score (nSPS) is 26.7. The number of amides is 1. The standard InChI is InChI=1S/C23H34N2O3/c1-27-20-8-6-18(7-9-20)16-19-10-12-24(13-11-19)17-23(26)25-14-15-28-22-5-3-2-4-21(22)25/h6-9,19,21-22H,2-5,10-17H2,1H3. The number of morpholine rings is 1. The van der Waals surface area contributed by atoms with E-state index in [0.717, 1.165) is 44.6 Å². The van der Waals surface area contributed by atoms with Crippen molar-refractivity contribution in [1.29, 1.82) is 0 Å². The first kappa shape index (κ1) is 19.7. The van der Waals surface area contributed by atoms with Crippen molar-refractivity contribution in [2.24, 2.45) is 5.92 Å². The number of nitrogens with zero attached hydrogens (tertiary/aromatic N) is 2. The Hall–Kier alpha value is -1.59. The van der Waals surface area contributed by atoms with Crippen molar-refractivity contribution in [1.82, 2.24) is 9.80 Å². The molecule has 3 aliphatic rings. The minimum atomic E-state index is 0.279. The average Bonchev–Trinajstić information content (AvgIpc) is 2.75. The molecule has 5 nitrogen and oxygen atoms in total. The topological polar surface area (TPSA) is 42.0 Å². The molecule has 4 rings (SSSR count). The fourth-order valence-corrected chi connectivity index (χ4v) is 5.13. The van der Waals surface area contributed by atoms with Gasteiger partial charge in [0, 0.05) is 6.54 Å². The second kappa shape index (κ2) is 9.27. The van der Waals surface area contributed by atoms with Crippen LogP contribution in [0.5, 0.6) is 5.75 Å². The molecule has 0 spiro atoms. The highest BCUT2D eigenvalue weighted by Crippen LogP contribution is 2.29. The van der Waals surface area contributed by atoms with Crippen LogP contribution < -0.4 is 4.74 Å². The van der Waals surface area contributed by atoms with Gasteiger partial charge in [-0.2, -0.15) is 0 Å². The van der Waals surface area contributed by atoms with E-state index < -0.39 is 0 Å². The van der Waals surface area contributed by atoms with E-state index in [1.165, 1.54) is 31.2 Å². The summed E-state index contributed by atoms with van der Waals surface area (Å²) in [6.07, 6.45) is 8.45. The molecule has 2 heterocycles. The predicted molar refractivity (Wildman–Crippen MR) is 110 cm³/mol. The number of methoxy groups -OCH3 is 1. The predicted octanol–water partition coefficient (Wildman–Crippen LogP) is 3.12. The van der Waals surface area contributed by atoms with Gasteiger partial charge in [0.15, 0.2) is 0 Å². The van der Waals surface area contributed by atoms with Crippen LogP contribution >= 0.6 is 0 Å². The van der Waals surface area contributed by atoms with Crippen molar-refractivity contribution in [3.05, 3.63) is 29.8 Å². The summed E-state index contributed by atoms with van der Waals surface area (Å²) in [6, 6.07) is 8.76. The number of likely N-dealkylation sites (tertiary alicyclic amines) is 1. The van der Waals surface area contributed by atoms with Gasteiger partial charge < -0.3 is 14.4 Å². The minimum Gasteiger partial charge on any atom is -0.497 e. The van der Waals surface area contributed by atoms with Crippen molar-refractivity contribution >= 4 is 5.91 Å². The Labute approximate surface area is 169 Å². The molecular weight excluding hydrogens is 352 g/mol. The lowest BCUT2D eigenvalue weighted by Gasteiger charge is -2.44. The molecule has 2 saturated heterocycles. The second-order valence-electron chi connectivity index (χ2n) is 8.62. The number of fused-ring (bicyclic) bond motifs is 1. The summed E-state index contributed by atoms with van der Waals surface area (Å²) < 4.78 is 11.2. The molecule has 0 bridgehead atoms. The fraction of sp³-hybridized carbons (Fsp3) is 0.696. The Morgan fingerprint density at radius 2 is 1.82 bits per heavy atom. The molecule has 1 aromatic carbocycles. The van der Waals surface area contributed by atoms with Crippen LogP contribution in [0.15, 0.2) is 24.3 Å². The van der Waals surface area contributed by atoms with E-state index >= 15 is 0 Å². The second-order valence-corrected chi connectivity index (χ2v) is 8.62. The molecule has 1 amide bonds. The van der Waals surface area contributed by atoms with Crippen LogP contribution in [0.25, 0.3) is 0 Å². The molecule has 3 fully saturated rings. The minimum absolute atomic E-state index is 0.279. The quantitative estimate of drug-likeness (QED) is 0.780. The lowest BCUT2D eigenvalue weighted by atomic mass is 9.89. The molecular formula is C23H34N2O3. The maximum atomic E-state index is 13.0. The first-order valence-electron chi connectivity index (χ1n) is 11.0. The fourth-order valence-electron chi connectivity index (χ4n) is 5.13. The zero-order chi connectivity index (χ0) is 19.3. The van der Waals surface area contributed by atoms with Crippen LogP contribution in [-0.4, -0.2) is 67.7 Å². The maximum Gasteiger partial charge on any atom is 0.237 e. The summed E-state index contributed by atoms with van der Waals surface area (Å²) >= 11 is 0. The molecule has 154 valence electrons. The zero-order valence-corrected chi connectivity index (χ0v) is 17.1. The summed E-state index contributed by atoms with van der Waals surface area (Å²) in [5.41, 5.74) is 1.38. The number of hydrogen-bond acceptors (Lipinski definition) is 4. The number of benzene rings is 1. The van der Waals surface area contributed by atoms with Gasteiger partial charge in [0.25, 0.3) is 0 Å². The van der Waals surface area contributed by atoms with Gasteiger partial charge in [0.2, 0.25) is 5.91 Å². The number of rotatable bonds is 5. The van der Waals surface area contributed by atoms with Gasteiger partial charge in [-0.1, -0.05) is 25.0 Å². The van der Waals surface area contributed by atoms with E-state index in [0.29, 0.717) is 31.0 Å². The molecule has 0 aromatic heterocycles. The SMILES string of the molecule is COc1ccc(CC2CCN(CC(=O)N3CCOC4CCCCC43)CC2)cc1. The lowest BCUT2D eigenvalue weighted by Crippen LogP contribution is -2.57. The van der Waals surface area contributed by atoms with E-state index in [1.54, 1.807) is 7.11 Å². The number of carbonyl (C=O) groups excluding carboxylic acids is 1. The van der Waals surface area contributed by atoms with Crippen molar-refractivity contribution in [3.8, 4) is 5.75 Å². The Balaban J connectivity index is 1.24. The van der Waals surface area contributed by atoms with E-state index in [9.17, 15) is 4.79 Å². The van der Waals surface area contributed by atoms with Crippen molar-refractivity contribution in [2.75, 3.05) is 39.9 Å². The van der Waals surface area contributed by atoms with E-state index in [-0.39, 0.29) is 6.10 Å². The van der Waals surface area contributed by atoms with Crippen molar-refractivity contribution in [3.63, 3.8) is 0 Å². The molecule has 5 heteroatoms. The van der Waals surface area contributed by atoms with Crippen LogP contribution in [0.1, 0.15) is 44.1 Å². The summed E-state index contributed by atoms with van der Waals surface area (Å²) in [6.45, 7) is 4.12. The zero-order valence-electron chi connectivity index (χ0n) is 17.1. The summed E-state index contributed by atoms with van der Waals surface area (Å²) in [5, 5.41) is 0. The Morgan fingerprint density at radius 3 is 2.57 bits per heavy atom. The van der Waals surface area contributed by atoms with Gasteiger partial charge in [-0.05, 0) is 68.8 Å². The summed E-state index contributed by atoms with van der Waals surface area (Å²) in [4.78, 5) is 17.5. The van der Waals surface area contributed by atoms with E-state index in [2.05, 4.69) is 21.9 Å². The largest absolute Gasteiger partial charge is 0.497 e. The Kier molecular flexibility index (Phi) is 6.53. The number of ether oxygens (including phenoxy) is 2. The highest BCUT2D eigenvalue weighted by atomic mass is 16.5. The molecule has 2 aliphatic heterocycles. The molecule has 2 atom stereocenters. The molecule has 1 aliphatic carbocycles.